The van der Waals surface area contributed by atoms with Gasteiger partial charge in [0.2, 0.25) is 5.91 Å². The lowest BCUT2D eigenvalue weighted by molar-refractivity contribution is -0.145. The van der Waals surface area contributed by atoms with Crippen molar-refractivity contribution in [3.8, 4) is 0 Å². The highest BCUT2D eigenvalue weighted by molar-refractivity contribution is 6.35. The average molecular weight is 242 g/mol. The molecule has 7 nitrogen and oxygen atoms in total. The average Bonchev–Trinajstić information content (AvgIpc) is 2.69. The zero-order valence-electron chi connectivity index (χ0n) is 9.86. The Hall–Kier alpha value is -1.63. The molecule has 5 N–H and O–H groups in total. The van der Waals surface area contributed by atoms with Crippen LogP contribution in [0, 0.1) is 5.41 Å². The van der Waals surface area contributed by atoms with Crippen LogP contribution in [0.1, 0.15) is 13.3 Å². The van der Waals surface area contributed by atoms with E-state index in [0.29, 0.717) is 13.0 Å². The zero-order chi connectivity index (χ0) is 13.1. The summed E-state index contributed by atoms with van der Waals surface area (Å²) in [5, 5.41) is 2.39. The van der Waals surface area contributed by atoms with E-state index in [1.165, 1.54) is 4.90 Å². The van der Waals surface area contributed by atoms with Gasteiger partial charge in [-0.25, -0.2) is 0 Å². The van der Waals surface area contributed by atoms with E-state index in [4.69, 9.17) is 11.5 Å². The van der Waals surface area contributed by atoms with Crippen molar-refractivity contribution in [3.05, 3.63) is 0 Å². The molecule has 0 aromatic carbocycles. The summed E-state index contributed by atoms with van der Waals surface area (Å²) in [4.78, 5) is 35.6. The van der Waals surface area contributed by atoms with Crippen LogP contribution >= 0.6 is 0 Å². The third kappa shape index (κ3) is 2.94. The number of primary amides is 1. The molecular formula is C10H18N4O3. The van der Waals surface area contributed by atoms with Crippen LogP contribution in [0.2, 0.25) is 0 Å². The Kier molecular flexibility index (Phi) is 4.06. The molecule has 1 unspecified atom stereocenters. The second kappa shape index (κ2) is 5.13. The Bertz CT molecular complexity index is 344. The van der Waals surface area contributed by atoms with Gasteiger partial charge in [-0.05, 0) is 13.3 Å². The van der Waals surface area contributed by atoms with Gasteiger partial charge in [0.25, 0.3) is 0 Å². The van der Waals surface area contributed by atoms with Gasteiger partial charge in [0.05, 0.1) is 5.41 Å². The normalized spacial score (nSPS) is 23.5. The largest absolute Gasteiger partial charge is 0.369 e. The zero-order valence-corrected chi connectivity index (χ0v) is 9.86. The quantitative estimate of drug-likeness (QED) is 0.486. The van der Waals surface area contributed by atoms with Crippen LogP contribution in [-0.2, 0) is 14.4 Å². The van der Waals surface area contributed by atoms with Crippen molar-refractivity contribution >= 4 is 17.7 Å². The van der Waals surface area contributed by atoms with Crippen molar-refractivity contribution in [1.82, 2.24) is 10.2 Å². The molecule has 3 amide bonds. The van der Waals surface area contributed by atoms with E-state index < -0.39 is 23.1 Å². The molecular weight excluding hydrogens is 224 g/mol. The van der Waals surface area contributed by atoms with Crippen LogP contribution in [0.4, 0.5) is 0 Å². The number of amides is 3. The molecule has 17 heavy (non-hydrogen) atoms. The van der Waals surface area contributed by atoms with Gasteiger partial charge >= 0.3 is 11.8 Å². The van der Waals surface area contributed by atoms with Gasteiger partial charge < -0.3 is 21.7 Å². The van der Waals surface area contributed by atoms with Crippen molar-refractivity contribution in [2.24, 2.45) is 16.9 Å². The SMILES string of the molecule is CC1(C(N)=O)CCN(C(=O)C(=O)NCCN)C1. The number of rotatable bonds is 3. The first-order valence-electron chi connectivity index (χ1n) is 5.48. The molecule has 1 heterocycles. The Balaban J connectivity index is 2.56. The molecule has 0 radical (unpaired) electrons. The lowest BCUT2D eigenvalue weighted by atomic mass is 9.89. The second-order valence-electron chi connectivity index (χ2n) is 4.45. The fourth-order valence-electron chi connectivity index (χ4n) is 1.74. The number of likely N-dealkylation sites (tertiary alicyclic amines) is 1. The maximum atomic E-state index is 11.7. The number of hydrogen-bond donors (Lipinski definition) is 3. The lowest BCUT2D eigenvalue weighted by Gasteiger charge is -2.20. The molecule has 0 spiro atoms. The van der Waals surface area contributed by atoms with E-state index in [-0.39, 0.29) is 19.6 Å². The minimum atomic E-state index is -0.732. The first-order chi connectivity index (χ1) is 7.90. The molecule has 1 aliphatic rings. The highest BCUT2D eigenvalue weighted by Gasteiger charge is 2.41. The minimum absolute atomic E-state index is 0.192. The third-order valence-corrected chi connectivity index (χ3v) is 2.98. The van der Waals surface area contributed by atoms with Gasteiger partial charge in [-0.2, -0.15) is 0 Å². The van der Waals surface area contributed by atoms with Crippen molar-refractivity contribution < 1.29 is 14.4 Å². The lowest BCUT2D eigenvalue weighted by Crippen LogP contribution is -2.45. The Morgan fingerprint density at radius 2 is 2.06 bits per heavy atom. The highest BCUT2D eigenvalue weighted by atomic mass is 16.2. The van der Waals surface area contributed by atoms with Crippen LogP contribution in [0.3, 0.4) is 0 Å². The molecule has 1 fully saturated rings. The monoisotopic (exact) mass is 242 g/mol. The van der Waals surface area contributed by atoms with Gasteiger partial charge in [0, 0.05) is 26.2 Å². The van der Waals surface area contributed by atoms with E-state index in [0.717, 1.165) is 0 Å². The van der Waals surface area contributed by atoms with Crippen molar-refractivity contribution in [2.45, 2.75) is 13.3 Å². The molecule has 1 aliphatic heterocycles. The second-order valence-corrected chi connectivity index (χ2v) is 4.45. The Morgan fingerprint density at radius 1 is 1.41 bits per heavy atom. The van der Waals surface area contributed by atoms with E-state index >= 15 is 0 Å². The van der Waals surface area contributed by atoms with Crippen molar-refractivity contribution in [1.29, 1.82) is 0 Å². The van der Waals surface area contributed by atoms with Gasteiger partial charge in [-0.3, -0.25) is 14.4 Å². The summed E-state index contributed by atoms with van der Waals surface area (Å²) in [6.07, 6.45) is 0.484. The first-order valence-corrected chi connectivity index (χ1v) is 5.48. The number of carbonyl (C=O) groups excluding carboxylic acids is 3. The summed E-state index contributed by atoms with van der Waals surface area (Å²) in [5.74, 6) is -1.78. The Morgan fingerprint density at radius 3 is 2.53 bits per heavy atom. The van der Waals surface area contributed by atoms with Crippen LogP contribution in [0.5, 0.6) is 0 Å². The van der Waals surface area contributed by atoms with Crippen LogP contribution < -0.4 is 16.8 Å². The molecule has 0 bridgehead atoms. The van der Waals surface area contributed by atoms with Crippen molar-refractivity contribution in [2.75, 3.05) is 26.2 Å². The minimum Gasteiger partial charge on any atom is -0.369 e. The summed E-state index contributed by atoms with van der Waals surface area (Å²) in [7, 11) is 0. The van der Waals surface area contributed by atoms with Gasteiger partial charge in [0.15, 0.2) is 0 Å². The number of carbonyl (C=O) groups is 3. The Labute approximate surface area is 99.5 Å². The highest BCUT2D eigenvalue weighted by Crippen LogP contribution is 2.29. The number of nitrogens with two attached hydrogens (primary N) is 2. The van der Waals surface area contributed by atoms with Gasteiger partial charge in [0.1, 0.15) is 0 Å². The molecule has 1 atom stereocenters. The molecule has 0 saturated carbocycles. The summed E-state index contributed by atoms with van der Waals surface area (Å²) in [6, 6.07) is 0. The predicted molar refractivity (Wildman–Crippen MR) is 60.6 cm³/mol. The van der Waals surface area contributed by atoms with Gasteiger partial charge in [-0.15, -0.1) is 0 Å². The molecule has 0 aromatic rings. The smallest absolute Gasteiger partial charge is 0.311 e. The molecule has 0 aromatic heterocycles. The van der Waals surface area contributed by atoms with E-state index in [1.807, 2.05) is 0 Å². The molecule has 0 aliphatic carbocycles. The summed E-state index contributed by atoms with van der Waals surface area (Å²) >= 11 is 0. The topological polar surface area (TPSA) is 119 Å². The summed E-state index contributed by atoms with van der Waals surface area (Å²) in [5.41, 5.74) is 9.74. The van der Waals surface area contributed by atoms with Crippen LogP contribution in [0.15, 0.2) is 0 Å². The number of nitrogens with zero attached hydrogens (tertiary/aromatic N) is 1. The third-order valence-electron chi connectivity index (χ3n) is 2.98. The predicted octanol–water partition coefficient (Wildman–Crippen LogP) is -2.21. The van der Waals surface area contributed by atoms with Crippen molar-refractivity contribution in [3.63, 3.8) is 0 Å². The number of nitrogens with one attached hydrogen (secondary N) is 1. The number of hydrogen-bond acceptors (Lipinski definition) is 4. The molecule has 1 saturated heterocycles. The first kappa shape index (κ1) is 13.4. The maximum Gasteiger partial charge on any atom is 0.311 e. The fourth-order valence-corrected chi connectivity index (χ4v) is 1.74. The summed E-state index contributed by atoms with van der Waals surface area (Å²) in [6.45, 7) is 2.79. The van der Waals surface area contributed by atoms with Gasteiger partial charge in [-0.1, -0.05) is 0 Å². The van der Waals surface area contributed by atoms with Crippen LogP contribution in [-0.4, -0.2) is 48.8 Å². The van der Waals surface area contributed by atoms with E-state index in [1.54, 1.807) is 6.92 Å². The van der Waals surface area contributed by atoms with Crippen LogP contribution in [0.25, 0.3) is 0 Å². The molecule has 7 heteroatoms. The molecule has 1 rings (SSSR count). The summed E-state index contributed by atoms with van der Waals surface area (Å²) < 4.78 is 0. The standard InChI is InChI=1S/C10H18N4O3/c1-10(9(12)17)2-5-14(6-10)8(16)7(15)13-4-3-11/h2-6,11H2,1H3,(H2,12,17)(H,13,15). The van der Waals surface area contributed by atoms with E-state index in [9.17, 15) is 14.4 Å². The van der Waals surface area contributed by atoms with E-state index in [2.05, 4.69) is 5.32 Å². The molecule has 96 valence electrons. The maximum absolute atomic E-state index is 11.7. The fraction of sp³-hybridized carbons (Fsp3) is 0.700.